The van der Waals surface area contributed by atoms with Crippen molar-refractivity contribution in [2.24, 2.45) is 11.8 Å². The molecule has 1 aliphatic heterocycles. The van der Waals surface area contributed by atoms with Crippen LogP contribution in [0.2, 0.25) is 0 Å². The third kappa shape index (κ3) is 4.31. The quantitative estimate of drug-likeness (QED) is 0.247. The van der Waals surface area contributed by atoms with Crippen molar-refractivity contribution in [3.8, 4) is 11.1 Å². The van der Waals surface area contributed by atoms with Crippen molar-refractivity contribution in [3.63, 3.8) is 0 Å². The van der Waals surface area contributed by atoms with Crippen molar-refractivity contribution in [1.82, 2.24) is 0 Å². The fourth-order valence-electron chi connectivity index (χ4n) is 6.25. The number of carbonyl (C=O) groups is 1. The molecule has 0 saturated heterocycles. The molecule has 0 amide bonds. The Bertz CT molecular complexity index is 1800. The summed E-state index contributed by atoms with van der Waals surface area (Å²) in [7, 11) is -1.38. The van der Waals surface area contributed by atoms with Crippen LogP contribution in [0.3, 0.4) is 0 Å². The highest BCUT2D eigenvalue weighted by Gasteiger charge is 2.30. The first-order chi connectivity index (χ1) is 19.7. The lowest BCUT2D eigenvalue weighted by molar-refractivity contribution is 0.0969. The van der Waals surface area contributed by atoms with E-state index in [0.717, 1.165) is 41.5 Å². The van der Waals surface area contributed by atoms with Gasteiger partial charge in [-0.3, -0.25) is 4.79 Å². The third-order valence-corrected chi connectivity index (χ3v) is 9.83. The summed E-state index contributed by atoms with van der Waals surface area (Å²) in [6, 6.07) is 24.6. The van der Waals surface area contributed by atoms with Gasteiger partial charge in [0.1, 0.15) is 0 Å². The normalized spacial score (nSPS) is 21.9. The topological polar surface area (TPSA) is 34.1 Å². The summed E-state index contributed by atoms with van der Waals surface area (Å²) >= 11 is 0. The van der Waals surface area contributed by atoms with Gasteiger partial charge in [-0.1, -0.05) is 121 Å². The lowest BCUT2D eigenvalue weighted by atomic mass is 9.77. The highest BCUT2D eigenvalue weighted by atomic mass is 32.2. The predicted octanol–water partition coefficient (Wildman–Crippen LogP) is 8.55. The van der Waals surface area contributed by atoms with Crippen LogP contribution in [-0.2, 0) is 14.6 Å². The maximum Gasteiger partial charge on any atom is 0.170 e. The molecule has 7 rings (SSSR count). The highest BCUT2D eigenvalue weighted by molar-refractivity contribution is 7.85. The van der Waals surface area contributed by atoms with Gasteiger partial charge in [0.25, 0.3) is 0 Å². The number of benzene rings is 3. The monoisotopic (exact) mass is 537 g/mol. The molecular formula is C37H29O2S-. The molecule has 0 spiro atoms. The molecule has 4 aliphatic rings. The van der Waals surface area contributed by atoms with Crippen LogP contribution in [0.5, 0.6) is 0 Å². The molecule has 3 aromatic rings. The molecule has 2 unspecified atom stereocenters. The zero-order valence-electron chi connectivity index (χ0n) is 22.1. The van der Waals surface area contributed by atoms with Gasteiger partial charge in [-0.2, -0.15) is 0 Å². The van der Waals surface area contributed by atoms with Crippen LogP contribution in [-0.4, -0.2) is 10.6 Å². The number of carbonyl (C=O) groups excluding carboxylic acids is 1. The second kappa shape index (κ2) is 10.4. The Kier molecular flexibility index (Phi) is 6.45. The van der Waals surface area contributed by atoms with Crippen LogP contribution >= 0.6 is 0 Å². The van der Waals surface area contributed by atoms with Crippen molar-refractivity contribution in [2.45, 2.75) is 24.2 Å². The van der Waals surface area contributed by atoms with E-state index in [1.165, 1.54) is 16.7 Å². The van der Waals surface area contributed by atoms with E-state index in [1.54, 1.807) is 0 Å². The van der Waals surface area contributed by atoms with Gasteiger partial charge >= 0.3 is 0 Å². The Labute approximate surface area is 237 Å². The van der Waals surface area contributed by atoms with E-state index < -0.39 is 16.3 Å². The van der Waals surface area contributed by atoms with Crippen molar-refractivity contribution >= 4 is 32.2 Å². The van der Waals surface area contributed by atoms with Crippen LogP contribution in [0, 0.1) is 11.8 Å². The number of rotatable bonds is 4. The van der Waals surface area contributed by atoms with Crippen molar-refractivity contribution in [1.29, 1.82) is 0 Å². The minimum absolute atomic E-state index is 0.0270. The molecule has 0 N–H and O–H groups in total. The average Bonchev–Trinajstić information content (AvgIpc) is 3.04. The smallest absolute Gasteiger partial charge is 0.170 e. The van der Waals surface area contributed by atoms with Gasteiger partial charge < -0.3 is 4.21 Å². The zero-order valence-corrected chi connectivity index (χ0v) is 22.9. The summed E-state index contributed by atoms with van der Waals surface area (Å²) in [5.41, 5.74) is 8.55. The second-order valence-electron chi connectivity index (χ2n) is 10.6. The molecule has 2 atom stereocenters. The largest absolute Gasteiger partial charge is 0.457 e. The first-order valence-electron chi connectivity index (χ1n) is 13.9. The molecule has 1 heterocycles. The van der Waals surface area contributed by atoms with Gasteiger partial charge in [-0.15, -0.1) is 9.76 Å². The standard InChI is InChI=1S/C37H29O2S/c38-37-33-23-27(31-17-9-7-15-29(31)25-11-3-1-4-12-25)19-21-35(33)40(39)36-22-20-28(24-34(36)37)32-18-10-8-16-30(32)26-13-5-2-6-14-26/h1,3-5,7-16,18-24,31,33H,2,6,17H2/q-1. The minimum atomic E-state index is -1.38. The summed E-state index contributed by atoms with van der Waals surface area (Å²) in [4.78, 5) is 15.4. The Morgan fingerprint density at radius 2 is 1.57 bits per heavy atom. The fraction of sp³-hybridized carbons (Fsp3) is 0.135. The fourth-order valence-corrected chi connectivity index (χ4v) is 7.65. The minimum Gasteiger partial charge on any atom is -0.457 e. The lowest BCUT2D eigenvalue weighted by Crippen LogP contribution is -2.30. The van der Waals surface area contributed by atoms with Gasteiger partial charge in [0.2, 0.25) is 0 Å². The first-order valence-corrected chi connectivity index (χ1v) is 15.1. The summed E-state index contributed by atoms with van der Waals surface area (Å²) in [6.07, 6.45) is 22.2. The first kappa shape index (κ1) is 24.8. The molecule has 0 fully saturated rings. The molecule has 40 heavy (non-hydrogen) atoms. The molecular weight excluding hydrogens is 508 g/mol. The van der Waals surface area contributed by atoms with Crippen molar-refractivity contribution in [3.05, 3.63) is 150 Å². The molecule has 3 aliphatic carbocycles. The Morgan fingerprint density at radius 3 is 2.40 bits per heavy atom. The number of fused-ring (bicyclic) bond motifs is 2. The van der Waals surface area contributed by atoms with E-state index >= 15 is 0 Å². The molecule has 0 aromatic heterocycles. The number of hydrogen-bond acceptors (Lipinski definition) is 3. The summed E-state index contributed by atoms with van der Waals surface area (Å²) in [5.74, 6) is -0.326. The molecule has 3 heteroatoms. The lowest BCUT2D eigenvalue weighted by Gasteiger charge is -2.33. The van der Waals surface area contributed by atoms with Crippen LogP contribution in [0.4, 0.5) is 0 Å². The Morgan fingerprint density at radius 1 is 0.750 bits per heavy atom. The number of ketones is 1. The van der Waals surface area contributed by atoms with Crippen molar-refractivity contribution < 1.29 is 9.00 Å². The van der Waals surface area contributed by atoms with Crippen LogP contribution in [0.15, 0.2) is 138 Å². The van der Waals surface area contributed by atoms with Gasteiger partial charge in [-0.05, 0) is 64.3 Å². The van der Waals surface area contributed by atoms with E-state index in [-0.39, 0.29) is 11.7 Å². The summed E-state index contributed by atoms with van der Waals surface area (Å²) < 4.78 is 13.7. The second-order valence-corrected chi connectivity index (χ2v) is 12.1. The molecule has 2 nitrogen and oxygen atoms in total. The molecule has 3 aromatic carbocycles. The van der Waals surface area contributed by atoms with E-state index in [1.807, 2.05) is 36.4 Å². The van der Waals surface area contributed by atoms with Crippen LogP contribution < -0.4 is 0 Å². The van der Waals surface area contributed by atoms with Crippen LogP contribution in [0.25, 0.3) is 22.3 Å². The molecule has 0 radical (unpaired) electrons. The number of Topliss-reactive ketones (excluding diaryl/α,β-unsaturated/α-hetero) is 1. The Balaban J connectivity index is 1.27. The Hall–Kier alpha value is -4.21. The molecule has 0 saturated carbocycles. The number of allylic oxidation sites excluding steroid dienone is 12. The van der Waals surface area contributed by atoms with Gasteiger partial charge in [0, 0.05) is 17.4 Å². The summed E-state index contributed by atoms with van der Waals surface area (Å²) in [5, 5.41) is 0. The summed E-state index contributed by atoms with van der Waals surface area (Å²) in [6.45, 7) is 0. The molecule has 0 bridgehead atoms. The zero-order chi connectivity index (χ0) is 27.1. The SMILES string of the molecule is O=C1c2cc(-c3ccccc3C3=CCCC=C3)ccc2[S-](=O)=C2C=CC(C3CC=CC=C3c3ccccc3)=CC12. The predicted molar refractivity (Wildman–Crippen MR) is 166 cm³/mol. The van der Waals surface area contributed by atoms with Gasteiger partial charge in [0.15, 0.2) is 5.78 Å². The maximum atomic E-state index is 14.1. The van der Waals surface area contributed by atoms with E-state index in [0.29, 0.717) is 15.3 Å². The van der Waals surface area contributed by atoms with Gasteiger partial charge in [-0.25, -0.2) is 10.4 Å². The van der Waals surface area contributed by atoms with E-state index in [2.05, 4.69) is 91.1 Å². The third-order valence-electron chi connectivity index (χ3n) is 8.26. The van der Waals surface area contributed by atoms with Crippen molar-refractivity contribution in [2.75, 3.05) is 0 Å². The average molecular weight is 538 g/mol. The van der Waals surface area contributed by atoms with E-state index in [9.17, 15) is 9.00 Å². The van der Waals surface area contributed by atoms with E-state index in [4.69, 9.17) is 0 Å². The maximum absolute atomic E-state index is 14.1. The highest BCUT2D eigenvalue weighted by Crippen LogP contribution is 2.40. The molecule has 196 valence electrons. The number of hydrogen-bond donors (Lipinski definition) is 0. The van der Waals surface area contributed by atoms with Crippen LogP contribution in [0.1, 0.15) is 40.7 Å². The van der Waals surface area contributed by atoms with Gasteiger partial charge in [0.05, 0.1) is 0 Å².